The first kappa shape index (κ1) is 12.5. The first-order valence-electron chi connectivity index (χ1n) is 5.74. The summed E-state index contributed by atoms with van der Waals surface area (Å²) in [5, 5.41) is 23.5. The lowest BCUT2D eigenvalue weighted by Gasteiger charge is -2.27. The van der Waals surface area contributed by atoms with Gasteiger partial charge in [0.1, 0.15) is 0 Å². The number of nitro groups is 1. The standard InChI is InChI=1S/C11H16N2O3S/c14-8-11(5-1-2-6-11)12-7-9-3-4-10(17-9)13(15)16/h3-4,12,14H,1-2,5-8H2. The molecule has 1 aromatic rings. The number of rotatable bonds is 5. The number of hydrogen-bond donors (Lipinski definition) is 2. The number of nitrogens with one attached hydrogen (secondary N) is 1. The predicted octanol–water partition coefficient (Wildman–Crippen LogP) is 2.05. The van der Waals surface area contributed by atoms with Crippen LogP contribution in [0.5, 0.6) is 0 Å². The highest BCUT2D eigenvalue weighted by Gasteiger charge is 2.32. The maximum Gasteiger partial charge on any atom is 0.324 e. The molecule has 5 nitrogen and oxygen atoms in total. The molecule has 2 rings (SSSR count). The minimum Gasteiger partial charge on any atom is -0.394 e. The minimum absolute atomic E-state index is 0.139. The van der Waals surface area contributed by atoms with E-state index in [2.05, 4.69) is 5.32 Å². The zero-order chi connectivity index (χ0) is 12.3. The Morgan fingerprint density at radius 3 is 2.71 bits per heavy atom. The average Bonchev–Trinajstić information content (AvgIpc) is 2.96. The highest BCUT2D eigenvalue weighted by molar-refractivity contribution is 7.15. The molecule has 0 bridgehead atoms. The van der Waals surface area contributed by atoms with Gasteiger partial charge in [0.2, 0.25) is 0 Å². The van der Waals surface area contributed by atoms with Gasteiger partial charge < -0.3 is 10.4 Å². The van der Waals surface area contributed by atoms with Crippen molar-refractivity contribution in [2.24, 2.45) is 0 Å². The van der Waals surface area contributed by atoms with Gasteiger partial charge in [-0.15, -0.1) is 0 Å². The van der Waals surface area contributed by atoms with E-state index in [-0.39, 0.29) is 22.1 Å². The van der Waals surface area contributed by atoms with Gasteiger partial charge in [-0.25, -0.2) is 0 Å². The zero-order valence-electron chi connectivity index (χ0n) is 9.52. The van der Waals surface area contributed by atoms with E-state index in [1.165, 1.54) is 17.4 Å². The van der Waals surface area contributed by atoms with E-state index >= 15 is 0 Å². The van der Waals surface area contributed by atoms with Crippen LogP contribution in [0.1, 0.15) is 30.6 Å². The van der Waals surface area contributed by atoms with Crippen molar-refractivity contribution in [2.45, 2.75) is 37.8 Å². The number of aliphatic hydroxyl groups excluding tert-OH is 1. The normalized spacial score (nSPS) is 18.4. The lowest BCUT2D eigenvalue weighted by Crippen LogP contribution is -2.45. The van der Waals surface area contributed by atoms with E-state index < -0.39 is 0 Å². The lowest BCUT2D eigenvalue weighted by molar-refractivity contribution is -0.380. The third-order valence-electron chi connectivity index (χ3n) is 3.33. The fourth-order valence-electron chi connectivity index (χ4n) is 2.28. The molecule has 1 aliphatic rings. The first-order valence-corrected chi connectivity index (χ1v) is 6.56. The molecule has 0 aliphatic heterocycles. The maximum atomic E-state index is 10.5. The van der Waals surface area contributed by atoms with Crippen LogP contribution >= 0.6 is 11.3 Å². The molecule has 6 heteroatoms. The van der Waals surface area contributed by atoms with Crippen LogP contribution in [0.15, 0.2) is 12.1 Å². The summed E-state index contributed by atoms with van der Waals surface area (Å²) < 4.78 is 0. The fraction of sp³-hybridized carbons (Fsp3) is 0.636. The van der Waals surface area contributed by atoms with Gasteiger partial charge in [0.05, 0.1) is 11.5 Å². The van der Waals surface area contributed by atoms with Crippen LogP contribution in [-0.4, -0.2) is 22.2 Å². The second kappa shape index (κ2) is 5.12. The SMILES string of the molecule is O=[N+]([O-])c1ccc(CNC2(CO)CCCC2)s1. The van der Waals surface area contributed by atoms with Gasteiger partial charge in [-0.05, 0) is 18.9 Å². The van der Waals surface area contributed by atoms with Crippen molar-refractivity contribution in [1.29, 1.82) is 0 Å². The molecule has 0 aromatic carbocycles. The largest absolute Gasteiger partial charge is 0.394 e. The van der Waals surface area contributed by atoms with Crippen molar-refractivity contribution in [3.05, 3.63) is 27.1 Å². The Balaban J connectivity index is 1.94. The van der Waals surface area contributed by atoms with Gasteiger partial charge in [-0.2, -0.15) is 0 Å². The Bertz CT molecular complexity index is 399. The van der Waals surface area contributed by atoms with Gasteiger partial charge in [0.15, 0.2) is 0 Å². The van der Waals surface area contributed by atoms with Crippen LogP contribution in [0.3, 0.4) is 0 Å². The Morgan fingerprint density at radius 2 is 2.18 bits per heavy atom. The fourth-order valence-corrected chi connectivity index (χ4v) is 3.04. The zero-order valence-corrected chi connectivity index (χ0v) is 10.3. The molecule has 2 N–H and O–H groups in total. The summed E-state index contributed by atoms with van der Waals surface area (Å²) in [7, 11) is 0. The van der Waals surface area contributed by atoms with Gasteiger partial charge >= 0.3 is 5.00 Å². The Kier molecular flexibility index (Phi) is 3.76. The summed E-state index contributed by atoms with van der Waals surface area (Å²) in [5.41, 5.74) is -0.168. The molecule has 1 aliphatic carbocycles. The molecule has 1 fully saturated rings. The van der Waals surface area contributed by atoms with Gasteiger partial charge in [-0.1, -0.05) is 24.2 Å². The van der Waals surface area contributed by atoms with E-state index in [1.54, 1.807) is 6.07 Å². The number of nitrogens with zero attached hydrogens (tertiary/aromatic N) is 1. The topological polar surface area (TPSA) is 75.4 Å². The summed E-state index contributed by atoms with van der Waals surface area (Å²) in [6.45, 7) is 0.736. The van der Waals surface area contributed by atoms with Crippen LogP contribution in [0.2, 0.25) is 0 Å². The van der Waals surface area contributed by atoms with Crippen molar-refractivity contribution >= 4 is 16.3 Å². The van der Waals surface area contributed by atoms with Crippen molar-refractivity contribution in [1.82, 2.24) is 5.32 Å². The molecule has 0 amide bonds. The number of aliphatic hydroxyl groups is 1. The lowest BCUT2D eigenvalue weighted by atomic mass is 9.99. The molecular formula is C11H16N2O3S. The molecule has 1 aromatic heterocycles. The Hall–Kier alpha value is -0.980. The van der Waals surface area contributed by atoms with Gasteiger partial charge in [-0.3, -0.25) is 10.1 Å². The van der Waals surface area contributed by atoms with Crippen LogP contribution in [0.25, 0.3) is 0 Å². The summed E-state index contributed by atoms with van der Waals surface area (Å²) in [6.07, 6.45) is 4.24. The van der Waals surface area contributed by atoms with Crippen molar-refractivity contribution in [3.8, 4) is 0 Å². The number of thiophene rings is 1. The molecule has 1 heterocycles. The number of hydrogen-bond acceptors (Lipinski definition) is 5. The Morgan fingerprint density at radius 1 is 1.47 bits per heavy atom. The van der Waals surface area contributed by atoms with Crippen LogP contribution in [0.4, 0.5) is 5.00 Å². The second-order valence-electron chi connectivity index (χ2n) is 4.50. The first-order chi connectivity index (χ1) is 8.15. The minimum atomic E-state index is -0.369. The third-order valence-corrected chi connectivity index (χ3v) is 4.37. The molecule has 0 radical (unpaired) electrons. The van der Waals surface area contributed by atoms with Gasteiger partial charge in [0, 0.05) is 23.0 Å². The maximum absolute atomic E-state index is 10.5. The summed E-state index contributed by atoms with van der Waals surface area (Å²) in [5.74, 6) is 0. The smallest absolute Gasteiger partial charge is 0.324 e. The van der Waals surface area contributed by atoms with E-state index in [0.29, 0.717) is 6.54 Å². The molecule has 94 valence electrons. The van der Waals surface area contributed by atoms with E-state index in [0.717, 1.165) is 30.6 Å². The second-order valence-corrected chi connectivity index (χ2v) is 5.64. The van der Waals surface area contributed by atoms with Crippen LogP contribution in [-0.2, 0) is 6.54 Å². The van der Waals surface area contributed by atoms with Crippen molar-refractivity contribution < 1.29 is 10.0 Å². The van der Waals surface area contributed by atoms with Gasteiger partial charge in [0.25, 0.3) is 0 Å². The monoisotopic (exact) mass is 256 g/mol. The van der Waals surface area contributed by atoms with E-state index in [4.69, 9.17) is 0 Å². The quantitative estimate of drug-likeness (QED) is 0.624. The molecular weight excluding hydrogens is 240 g/mol. The predicted molar refractivity (Wildman–Crippen MR) is 66.1 cm³/mol. The van der Waals surface area contributed by atoms with Crippen molar-refractivity contribution in [3.63, 3.8) is 0 Å². The molecule has 0 spiro atoms. The third kappa shape index (κ3) is 2.83. The highest BCUT2D eigenvalue weighted by Crippen LogP contribution is 2.30. The molecule has 0 unspecified atom stereocenters. The molecule has 17 heavy (non-hydrogen) atoms. The summed E-state index contributed by atoms with van der Waals surface area (Å²) >= 11 is 1.19. The molecule has 1 saturated carbocycles. The van der Waals surface area contributed by atoms with Crippen LogP contribution in [0, 0.1) is 10.1 Å². The van der Waals surface area contributed by atoms with Crippen molar-refractivity contribution in [2.75, 3.05) is 6.61 Å². The average molecular weight is 256 g/mol. The van der Waals surface area contributed by atoms with E-state index in [1.807, 2.05) is 0 Å². The highest BCUT2D eigenvalue weighted by atomic mass is 32.1. The molecule has 0 atom stereocenters. The molecule has 0 saturated heterocycles. The Labute approximate surface area is 104 Å². The summed E-state index contributed by atoms with van der Waals surface area (Å²) in [4.78, 5) is 11.1. The van der Waals surface area contributed by atoms with E-state index in [9.17, 15) is 15.2 Å². The van der Waals surface area contributed by atoms with Crippen LogP contribution < -0.4 is 5.32 Å². The summed E-state index contributed by atoms with van der Waals surface area (Å²) in [6, 6.07) is 3.30.